The van der Waals surface area contributed by atoms with Crippen LogP contribution in [0.3, 0.4) is 0 Å². The Balaban J connectivity index is 2.34. The summed E-state index contributed by atoms with van der Waals surface area (Å²) in [5.41, 5.74) is 0.915. The summed E-state index contributed by atoms with van der Waals surface area (Å²) in [7, 11) is -1.56. The number of sulfonamides is 1. The predicted octanol–water partition coefficient (Wildman–Crippen LogP) is 2.68. The van der Waals surface area contributed by atoms with Crippen molar-refractivity contribution in [3.05, 3.63) is 24.3 Å². The average Bonchev–Trinajstić information content (AvgIpc) is 2.38. The summed E-state index contributed by atoms with van der Waals surface area (Å²) < 4.78 is 27.1. The third-order valence-electron chi connectivity index (χ3n) is 3.83. The van der Waals surface area contributed by atoms with Gasteiger partial charge in [-0.15, -0.1) is 0 Å². The van der Waals surface area contributed by atoms with Gasteiger partial charge in [0.15, 0.2) is 0 Å². The minimum Gasteiger partial charge on any atom is -0.388 e. The van der Waals surface area contributed by atoms with E-state index in [1.54, 1.807) is 28.6 Å². The lowest BCUT2D eigenvalue weighted by Gasteiger charge is -2.37. The third-order valence-corrected chi connectivity index (χ3v) is 5.97. The van der Waals surface area contributed by atoms with Crippen molar-refractivity contribution in [1.29, 1.82) is 0 Å². The molecule has 0 aromatic heterocycles. The van der Waals surface area contributed by atoms with E-state index >= 15 is 0 Å². The van der Waals surface area contributed by atoms with Crippen LogP contribution in [0.15, 0.2) is 29.2 Å². The molecule has 1 aliphatic heterocycles. The fraction of sp³-hybridized carbons (Fsp3) is 0.571. The minimum absolute atomic E-state index is 0.0812. The lowest BCUT2D eigenvalue weighted by atomic mass is 10.0. The largest absolute Gasteiger partial charge is 0.388 e. The predicted molar refractivity (Wildman–Crippen MR) is 77.8 cm³/mol. The molecule has 1 aromatic rings. The van der Waals surface area contributed by atoms with Crippen LogP contribution in [-0.4, -0.2) is 31.9 Å². The zero-order valence-corrected chi connectivity index (χ0v) is 12.6. The van der Waals surface area contributed by atoms with Crippen molar-refractivity contribution in [2.24, 2.45) is 0 Å². The molecule has 19 heavy (non-hydrogen) atoms. The van der Waals surface area contributed by atoms with Gasteiger partial charge in [-0.05, 0) is 51.0 Å². The van der Waals surface area contributed by atoms with Crippen molar-refractivity contribution in [3.63, 3.8) is 0 Å². The van der Waals surface area contributed by atoms with Crippen LogP contribution < -0.4 is 5.32 Å². The van der Waals surface area contributed by atoms with E-state index in [1.807, 2.05) is 20.9 Å². The Morgan fingerprint density at radius 1 is 1.11 bits per heavy atom. The molecule has 1 aromatic carbocycles. The second kappa shape index (κ2) is 5.51. The molecule has 0 spiro atoms. The van der Waals surface area contributed by atoms with Gasteiger partial charge in [0, 0.05) is 24.8 Å². The van der Waals surface area contributed by atoms with Crippen LogP contribution in [0.1, 0.15) is 33.1 Å². The Labute approximate surface area is 115 Å². The second-order valence-electron chi connectivity index (χ2n) is 5.24. The number of hydrogen-bond donors (Lipinski definition) is 1. The van der Waals surface area contributed by atoms with Gasteiger partial charge < -0.3 is 5.32 Å². The first-order valence-electron chi connectivity index (χ1n) is 6.78. The van der Waals surface area contributed by atoms with Crippen LogP contribution in [0.5, 0.6) is 0 Å². The molecule has 1 N–H and O–H groups in total. The van der Waals surface area contributed by atoms with Crippen LogP contribution in [-0.2, 0) is 10.0 Å². The van der Waals surface area contributed by atoms with E-state index < -0.39 is 10.0 Å². The maximum absolute atomic E-state index is 12.7. The zero-order chi connectivity index (χ0) is 14.0. The molecule has 1 aliphatic rings. The number of nitrogens with zero attached hydrogens (tertiary/aromatic N) is 1. The number of benzene rings is 1. The van der Waals surface area contributed by atoms with E-state index in [2.05, 4.69) is 5.32 Å². The summed E-state index contributed by atoms with van der Waals surface area (Å²) in [5, 5.41) is 2.99. The van der Waals surface area contributed by atoms with Crippen molar-refractivity contribution in [3.8, 4) is 0 Å². The Hall–Kier alpha value is -1.07. The van der Waals surface area contributed by atoms with Crippen LogP contribution in [0.2, 0.25) is 0 Å². The Morgan fingerprint density at radius 2 is 1.63 bits per heavy atom. The second-order valence-corrected chi connectivity index (χ2v) is 7.08. The number of piperidine rings is 1. The molecule has 0 amide bonds. The summed E-state index contributed by atoms with van der Waals surface area (Å²) in [4.78, 5) is 0.382. The van der Waals surface area contributed by atoms with E-state index in [-0.39, 0.29) is 12.1 Å². The highest BCUT2D eigenvalue weighted by Crippen LogP contribution is 2.29. The van der Waals surface area contributed by atoms with Crippen LogP contribution in [0.4, 0.5) is 5.69 Å². The first-order valence-corrected chi connectivity index (χ1v) is 8.22. The summed E-state index contributed by atoms with van der Waals surface area (Å²) in [5.74, 6) is 0. The Kier molecular flexibility index (Phi) is 4.16. The molecule has 2 atom stereocenters. The minimum atomic E-state index is -3.38. The van der Waals surface area contributed by atoms with Gasteiger partial charge in [0.25, 0.3) is 0 Å². The van der Waals surface area contributed by atoms with Gasteiger partial charge in [-0.1, -0.05) is 6.42 Å². The molecule has 0 aliphatic carbocycles. The van der Waals surface area contributed by atoms with E-state index in [4.69, 9.17) is 0 Å². The van der Waals surface area contributed by atoms with E-state index in [0.717, 1.165) is 24.9 Å². The Bertz CT molecular complexity index is 515. The molecule has 1 saturated heterocycles. The molecule has 1 fully saturated rings. The highest BCUT2D eigenvalue weighted by atomic mass is 32.2. The summed E-state index contributed by atoms with van der Waals surface area (Å²) in [6, 6.07) is 7.11. The Morgan fingerprint density at radius 3 is 2.11 bits per heavy atom. The number of hydrogen-bond acceptors (Lipinski definition) is 3. The van der Waals surface area contributed by atoms with Crippen LogP contribution in [0, 0.1) is 0 Å². The van der Waals surface area contributed by atoms with E-state index in [0.29, 0.717) is 4.90 Å². The molecule has 106 valence electrons. The number of anilines is 1. The molecular formula is C14H22N2O2S. The van der Waals surface area contributed by atoms with Gasteiger partial charge in [-0.3, -0.25) is 0 Å². The molecular weight excluding hydrogens is 260 g/mol. The number of rotatable bonds is 3. The van der Waals surface area contributed by atoms with E-state index in [1.165, 1.54) is 0 Å². The van der Waals surface area contributed by atoms with E-state index in [9.17, 15) is 8.42 Å². The lowest BCUT2D eigenvalue weighted by molar-refractivity contribution is 0.204. The topological polar surface area (TPSA) is 49.4 Å². The average molecular weight is 282 g/mol. The standard InChI is InChI=1S/C14H22N2O2S/c1-11-5-4-6-12(2)16(11)19(17,18)14-9-7-13(15-3)8-10-14/h7-12,15H,4-6H2,1-3H3. The summed E-state index contributed by atoms with van der Waals surface area (Å²) >= 11 is 0. The molecule has 0 radical (unpaired) electrons. The molecule has 4 nitrogen and oxygen atoms in total. The highest BCUT2D eigenvalue weighted by molar-refractivity contribution is 7.89. The summed E-state index contributed by atoms with van der Waals surface area (Å²) in [6.07, 6.45) is 2.99. The monoisotopic (exact) mass is 282 g/mol. The summed E-state index contributed by atoms with van der Waals surface area (Å²) in [6.45, 7) is 3.99. The maximum atomic E-state index is 12.7. The maximum Gasteiger partial charge on any atom is 0.243 e. The molecule has 2 rings (SSSR count). The van der Waals surface area contributed by atoms with Crippen molar-refractivity contribution in [1.82, 2.24) is 4.31 Å². The molecule has 1 heterocycles. The van der Waals surface area contributed by atoms with Crippen molar-refractivity contribution >= 4 is 15.7 Å². The third kappa shape index (κ3) is 2.77. The molecule has 0 saturated carbocycles. The first-order chi connectivity index (χ1) is 8.96. The fourth-order valence-electron chi connectivity index (χ4n) is 2.79. The smallest absolute Gasteiger partial charge is 0.243 e. The lowest BCUT2D eigenvalue weighted by Crippen LogP contribution is -2.47. The fourth-order valence-corrected chi connectivity index (χ4v) is 4.67. The molecule has 2 unspecified atom stereocenters. The van der Waals surface area contributed by atoms with Gasteiger partial charge in [-0.25, -0.2) is 8.42 Å². The normalized spacial score (nSPS) is 25.2. The van der Waals surface area contributed by atoms with Crippen LogP contribution >= 0.6 is 0 Å². The van der Waals surface area contributed by atoms with Gasteiger partial charge in [0.05, 0.1) is 4.90 Å². The van der Waals surface area contributed by atoms with Gasteiger partial charge in [-0.2, -0.15) is 4.31 Å². The SMILES string of the molecule is CNc1ccc(S(=O)(=O)N2C(C)CCCC2C)cc1. The first kappa shape index (κ1) is 14.3. The van der Waals surface area contributed by atoms with Crippen molar-refractivity contribution in [2.45, 2.75) is 50.1 Å². The molecule has 0 bridgehead atoms. The van der Waals surface area contributed by atoms with Crippen LogP contribution in [0.25, 0.3) is 0 Å². The van der Waals surface area contributed by atoms with Gasteiger partial charge in [0.2, 0.25) is 10.0 Å². The van der Waals surface area contributed by atoms with Crippen molar-refractivity contribution in [2.75, 3.05) is 12.4 Å². The zero-order valence-electron chi connectivity index (χ0n) is 11.8. The number of nitrogens with one attached hydrogen (secondary N) is 1. The van der Waals surface area contributed by atoms with Gasteiger partial charge >= 0.3 is 0 Å². The molecule has 5 heteroatoms. The van der Waals surface area contributed by atoms with Crippen molar-refractivity contribution < 1.29 is 8.42 Å². The highest BCUT2D eigenvalue weighted by Gasteiger charge is 2.35. The quantitative estimate of drug-likeness (QED) is 0.927. The van der Waals surface area contributed by atoms with Gasteiger partial charge in [0.1, 0.15) is 0 Å².